The first-order valence-electron chi connectivity index (χ1n) is 6.59. The molecule has 0 saturated carbocycles. The molecule has 1 rings (SSSR count). The summed E-state index contributed by atoms with van der Waals surface area (Å²) in [7, 11) is 0. The van der Waals surface area contributed by atoms with Gasteiger partial charge in [0.15, 0.2) is 0 Å². The summed E-state index contributed by atoms with van der Waals surface area (Å²) in [4.78, 5) is 0. The molecule has 0 aromatic heterocycles. The minimum Gasteiger partial charge on any atom is -0.492 e. The van der Waals surface area contributed by atoms with Crippen molar-refractivity contribution in [3.63, 3.8) is 0 Å². The molecule has 0 aliphatic rings. The van der Waals surface area contributed by atoms with Crippen molar-refractivity contribution in [3.8, 4) is 11.8 Å². The van der Waals surface area contributed by atoms with E-state index in [9.17, 15) is 0 Å². The number of ether oxygens (including phenoxy) is 3. The van der Waals surface area contributed by atoms with Gasteiger partial charge < -0.3 is 14.2 Å². The highest BCUT2D eigenvalue weighted by Crippen LogP contribution is 2.16. The van der Waals surface area contributed by atoms with Gasteiger partial charge in [0, 0.05) is 13.0 Å². The Morgan fingerprint density at radius 2 is 2.05 bits per heavy atom. The molecule has 0 heterocycles. The summed E-state index contributed by atoms with van der Waals surface area (Å²) in [6.45, 7) is 6.45. The lowest BCUT2D eigenvalue weighted by Gasteiger charge is -2.13. The number of nitrogens with zero attached hydrogens (tertiary/aromatic N) is 1. The summed E-state index contributed by atoms with van der Waals surface area (Å²) >= 11 is 0. The van der Waals surface area contributed by atoms with Crippen LogP contribution in [0.25, 0.3) is 0 Å². The molecule has 19 heavy (non-hydrogen) atoms. The van der Waals surface area contributed by atoms with E-state index >= 15 is 0 Å². The Bertz CT molecular complexity index is 401. The van der Waals surface area contributed by atoms with Gasteiger partial charge in [-0.15, -0.1) is 0 Å². The van der Waals surface area contributed by atoms with Gasteiger partial charge in [-0.25, -0.2) is 0 Å². The average Bonchev–Trinajstić information content (AvgIpc) is 2.45. The largest absolute Gasteiger partial charge is 0.492 e. The first kappa shape index (κ1) is 15.5. The summed E-state index contributed by atoms with van der Waals surface area (Å²) < 4.78 is 16.4. The Balaban J connectivity index is 2.16. The van der Waals surface area contributed by atoms with Gasteiger partial charge in [0.25, 0.3) is 0 Å². The fraction of sp³-hybridized carbons (Fsp3) is 0.533. The highest BCUT2D eigenvalue weighted by atomic mass is 16.5. The van der Waals surface area contributed by atoms with Crippen molar-refractivity contribution in [2.45, 2.75) is 26.4 Å². The van der Waals surface area contributed by atoms with Crippen molar-refractivity contribution in [1.82, 2.24) is 0 Å². The van der Waals surface area contributed by atoms with Gasteiger partial charge in [-0.3, -0.25) is 0 Å². The quantitative estimate of drug-likeness (QED) is 0.643. The fourth-order valence-corrected chi connectivity index (χ4v) is 1.54. The lowest BCUT2D eigenvalue weighted by atomic mass is 10.2. The van der Waals surface area contributed by atoms with Gasteiger partial charge in [0.05, 0.1) is 31.5 Å². The van der Waals surface area contributed by atoms with Crippen LogP contribution in [0.5, 0.6) is 5.75 Å². The van der Waals surface area contributed by atoms with Gasteiger partial charge >= 0.3 is 0 Å². The molecular formula is C15H21NO3. The predicted molar refractivity (Wildman–Crippen MR) is 73.2 cm³/mol. The molecule has 0 fully saturated rings. The van der Waals surface area contributed by atoms with Crippen molar-refractivity contribution in [2.75, 3.05) is 26.4 Å². The monoisotopic (exact) mass is 263 g/mol. The third-order valence-electron chi connectivity index (χ3n) is 2.51. The first-order chi connectivity index (χ1) is 9.27. The van der Waals surface area contributed by atoms with Crippen LogP contribution >= 0.6 is 0 Å². The molecule has 0 amide bonds. The van der Waals surface area contributed by atoms with Crippen LogP contribution in [0.3, 0.4) is 0 Å². The molecule has 0 radical (unpaired) electrons. The topological polar surface area (TPSA) is 51.5 Å². The zero-order valence-electron chi connectivity index (χ0n) is 11.6. The average molecular weight is 263 g/mol. The number of nitriles is 1. The van der Waals surface area contributed by atoms with Crippen LogP contribution in [-0.2, 0) is 9.47 Å². The number of rotatable bonds is 9. The van der Waals surface area contributed by atoms with Crippen molar-refractivity contribution in [3.05, 3.63) is 29.8 Å². The number of benzene rings is 1. The Kier molecular flexibility index (Phi) is 7.64. The molecular weight excluding hydrogens is 242 g/mol. The van der Waals surface area contributed by atoms with Crippen LogP contribution in [0.15, 0.2) is 24.3 Å². The van der Waals surface area contributed by atoms with Crippen molar-refractivity contribution >= 4 is 0 Å². The van der Waals surface area contributed by atoms with E-state index in [1.165, 1.54) is 0 Å². The molecule has 4 nitrogen and oxygen atoms in total. The van der Waals surface area contributed by atoms with Crippen molar-refractivity contribution in [2.24, 2.45) is 0 Å². The molecule has 0 bridgehead atoms. The van der Waals surface area contributed by atoms with Gasteiger partial charge in [0.1, 0.15) is 11.8 Å². The zero-order valence-corrected chi connectivity index (χ0v) is 11.6. The lowest BCUT2D eigenvalue weighted by Crippen LogP contribution is -2.17. The minimum absolute atomic E-state index is 0.103. The third kappa shape index (κ3) is 6.23. The number of hydrogen-bond acceptors (Lipinski definition) is 4. The molecule has 0 N–H and O–H groups in total. The maximum absolute atomic E-state index is 8.91. The van der Waals surface area contributed by atoms with E-state index in [1.807, 2.05) is 26.0 Å². The van der Waals surface area contributed by atoms with E-state index in [1.54, 1.807) is 12.1 Å². The molecule has 4 heteroatoms. The molecule has 1 aromatic rings. The summed E-state index contributed by atoms with van der Waals surface area (Å²) in [6, 6.07) is 9.34. The van der Waals surface area contributed by atoms with E-state index < -0.39 is 0 Å². The maximum atomic E-state index is 8.91. The highest BCUT2D eigenvalue weighted by Gasteiger charge is 2.03. The Hall–Kier alpha value is -1.57. The van der Waals surface area contributed by atoms with Gasteiger partial charge in [-0.2, -0.15) is 5.26 Å². The van der Waals surface area contributed by atoms with E-state index in [2.05, 4.69) is 6.07 Å². The van der Waals surface area contributed by atoms with E-state index in [0.29, 0.717) is 37.7 Å². The Morgan fingerprint density at radius 3 is 2.79 bits per heavy atom. The van der Waals surface area contributed by atoms with Crippen LogP contribution in [0.2, 0.25) is 0 Å². The summed E-state index contributed by atoms with van der Waals surface area (Å²) in [5.74, 6) is 0.632. The van der Waals surface area contributed by atoms with Crippen LogP contribution in [-0.4, -0.2) is 32.5 Å². The summed E-state index contributed by atoms with van der Waals surface area (Å²) in [6.07, 6.45) is 0.891. The summed E-state index contributed by atoms with van der Waals surface area (Å²) in [5.41, 5.74) is 0.563. The smallest absolute Gasteiger partial charge is 0.137 e. The second-order valence-electron chi connectivity index (χ2n) is 4.15. The highest BCUT2D eigenvalue weighted by molar-refractivity contribution is 5.42. The van der Waals surface area contributed by atoms with E-state index in [4.69, 9.17) is 19.5 Å². The predicted octanol–water partition coefficient (Wildman–Crippen LogP) is 2.77. The van der Waals surface area contributed by atoms with Crippen molar-refractivity contribution in [1.29, 1.82) is 5.26 Å². The molecule has 0 aliphatic heterocycles. The normalized spacial score (nSPS) is 11.8. The van der Waals surface area contributed by atoms with Gasteiger partial charge in [-0.05, 0) is 26.0 Å². The molecule has 0 saturated heterocycles. The SMILES string of the molecule is CCOCC(C)OCCCOc1ccccc1C#N. The first-order valence-corrected chi connectivity index (χ1v) is 6.59. The third-order valence-corrected chi connectivity index (χ3v) is 2.51. The second kappa shape index (κ2) is 9.37. The van der Waals surface area contributed by atoms with Crippen LogP contribution in [0, 0.1) is 11.3 Å². The van der Waals surface area contributed by atoms with Crippen molar-refractivity contribution < 1.29 is 14.2 Å². The lowest BCUT2D eigenvalue weighted by molar-refractivity contribution is -0.00667. The van der Waals surface area contributed by atoms with Gasteiger partial charge in [0.2, 0.25) is 0 Å². The van der Waals surface area contributed by atoms with Crippen LogP contribution in [0.4, 0.5) is 0 Å². The maximum Gasteiger partial charge on any atom is 0.137 e. The zero-order chi connectivity index (χ0) is 13.9. The Labute approximate surface area is 114 Å². The van der Waals surface area contributed by atoms with Crippen LogP contribution < -0.4 is 4.74 Å². The molecule has 0 aliphatic carbocycles. The number of hydrogen-bond donors (Lipinski definition) is 0. The fourth-order valence-electron chi connectivity index (χ4n) is 1.54. The number of para-hydroxylation sites is 1. The Morgan fingerprint density at radius 1 is 1.26 bits per heavy atom. The molecule has 1 unspecified atom stereocenters. The standard InChI is InChI=1S/C15H21NO3/c1-3-17-12-13(2)18-9-6-10-19-15-8-5-4-7-14(15)11-16/h4-5,7-8,13H,3,6,9-10,12H2,1-2H3. The molecule has 1 aromatic carbocycles. The molecule has 1 atom stereocenters. The summed E-state index contributed by atoms with van der Waals surface area (Å²) in [5, 5.41) is 8.91. The van der Waals surface area contributed by atoms with Gasteiger partial charge in [-0.1, -0.05) is 12.1 Å². The minimum atomic E-state index is 0.103. The molecule has 104 valence electrons. The molecule has 0 spiro atoms. The van der Waals surface area contributed by atoms with E-state index in [-0.39, 0.29) is 6.10 Å². The van der Waals surface area contributed by atoms with Crippen LogP contribution in [0.1, 0.15) is 25.8 Å². The second-order valence-corrected chi connectivity index (χ2v) is 4.15. The van der Waals surface area contributed by atoms with E-state index in [0.717, 1.165) is 6.42 Å².